The second-order valence-electron chi connectivity index (χ2n) is 13.4. The highest BCUT2D eigenvalue weighted by atomic mass is 19.1. The van der Waals surface area contributed by atoms with Crippen LogP contribution in [0.1, 0.15) is 113 Å². The van der Waals surface area contributed by atoms with E-state index >= 15 is 0 Å². The quantitative estimate of drug-likeness (QED) is 0.194. The first kappa shape index (κ1) is 36.3. The van der Waals surface area contributed by atoms with Gasteiger partial charge in [-0.25, -0.2) is 13.6 Å². The third-order valence-corrected chi connectivity index (χ3v) is 9.79. The molecule has 0 aliphatic heterocycles. The van der Waals surface area contributed by atoms with E-state index in [2.05, 4.69) is 19.9 Å². The van der Waals surface area contributed by atoms with Crippen molar-refractivity contribution >= 4 is 23.4 Å². The number of benzene rings is 2. The molecule has 0 amide bonds. The zero-order valence-electron chi connectivity index (χ0n) is 28.4. The molecule has 7 heteroatoms. The van der Waals surface area contributed by atoms with Crippen molar-refractivity contribution in [2.24, 2.45) is 17.3 Å². The van der Waals surface area contributed by atoms with Gasteiger partial charge in [-0.15, -0.1) is 0 Å². The van der Waals surface area contributed by atoms with Crippen molar-refractivity contribution < 1.29 is 33.0 Å². The molecule has 4 rings (SSSR count). The van der Waals surface area contributed by atoms with E-state index in [0.29, 0.717) is 50.4 Å². The Balaban J connectivity index is 1.56. The van der Waals surface area contributed by atoms with Gasteiger partial charge in [0.25, 0.3) is 0 Å². The van der Waals surface area contributed by atoms with E-state index in [1.54, 1.807) is 24.3 Å². The van der Waals surface area contributed by atoms with E-state index in [-0.39, 0.29) is 28.6 Å². The van der Waals surface area contributed by atoms with E-state index in [0.717, 1.165) is 73.3 Å². The van der Waals surface area contributed by atoms with Gasteiger partial charge in [-0.05, 0) is 129 Å². The molecule has 0 saturated heterocycles. The fourth-order valence-corrected chi connectivity index (χ4v) is 7.26. The summed E-state index contributed by atoms with van der Waals surface area (Å²) < 4.78 is 40.8. The molecule has 1 fully saturated rings. The van der Waals surface area contributed by atoms with Crippen LogP contribution in [-0.4, -0.2) is 36.7 Å². The number of hydrogen-bond acceptors (Lipinski definition) is 4. The zero-order valence-corrected chi connectivity index (χ0v) is 28.4. The number of ketones is 1. The predicted molar refractivity (Wildman–Crippen MR) is 183 cm³/mol. The summed E-state index contributed by atoms with van der Waals surface area (Å²) in [6, 6.07) is 10.3. The molecule has 0 spiro atoms. The van der Waals surface area contributed by atoms with Gasteiger partial charge in [0.2, 0.25) is 0 Å². The number of rotatable bonds is 11. The van der Waals surface area contributed by atoms with Gasteiger partial charge in [0.15, 0.2) is 5.78 Å². The normalized spacial score (nSPS) is 23.7. The second-order valence-corrected chi connectivity index (χ2v) is 13.4. The van der Waals surface area contributed by atoms with Crippen LogP contribution in [0, 0.1) is 28.9 Å². The highest BCUT2D eigenvalue weighted by molar-refractivity contribution is 5.99. The molecule has 1 N–H and O–H groups in total. The molecule has 1 saturated carbocycles. The Morgan fingerprint density at radius 1 is 0.979 bits per heavy atom. The summed E-state index contributed by atoms with van der Waals surface area (Å²) in [7, 11) is 0. The number of carboxylic acid groups (broad SMARTS) is 1. The number of carbonyl (C=O) groups excluding carboxylic acids is 1. The number of ether oxygens (including phenoxy) is 2. The van der Waals surface area contributed by atoms with Gasteiger partial charge in [0.05, 0.1) is 18.8 Å². The smallest absolute Gasteiger partial charge is 0.335 e. The molecule has 0 radical (unpaired) electrons. The first-order valence-corrected chi connectivity index (χ1v) is 17.2. The Hall–Kier alpha value is -3.58. The standard InChI is InChI=1S/C40H50F2O5/c1-5-46-20-17-35-27(3)32(24-37(47-6-2)38(35)31-22-33(41)25-34(42)23-31)26-40(4)18-9-7-11-30(36(43)12-8-10-19-40)21-28-13-15-29(16-14-28)39(44)45/h13-16,21-25,27,32H,5-12,17-20,26H2,1-4H3,(H,44,45). The zero-order chi connectivity index (χ0) is 34.0. The summed E-state index contributed by atoms with van der Waals surface area (Å²) in [5.74, 6) is -1.03. The Labute approximate surface area is 278 Å². The molecule has 2 aromatic carbocycles. The molecule has 2 aliphatic rings. The maximum atomic E-state index is 14.4. The van der Waals surface area contributed by atoms with Gasteiger partial charge in [0.1, 0.15) is 17.4 Å². The average molecular weight is 649 g/mol. The number of carboxylic acids is 1. The molecular weight excluding hydrogens is 598 g/mol. The van der Waals surface area contributed by atoms with Gasteiger partial charge in [-0.1, -0.05) is 44.4 Å². The van der Waals surface area contributed by atoms with Crippen LogP contribution in [0.2, 0.25) is 0 Å². The SMILES string of the molecule is CCOCCC1=C(c2cc(F)cc(F)c2)C(OCC)=CC(CC2(C)CCCCC(=O)C(=Cc3ccc(C(=O)O)cc3)CCCC2)C1C. The summed E-state index contributed by atoms with van der Waals surface area (Å²) in [6.45, 7) is 10.0. The molecule has 47 heavy (non-hydrogen) atoms. The molecule has 0 heterocycles. The Kier molecular flexibility index (Phi) is 13.1. The Morgan fingerprint density at radius 3 is 2.26 bits per heavy atom. The highest BCUT2D eigenvalue weighted by Gasteiger charge is 2.36. The highest BCUT2D eigenvalue weighted by Crippen LogP contribution is 2.48. The van der Waals surface area contributed by atoms with E-state index in [1.165, 1.54) is 12.1 Å². The average Bonchev–Trinajstić information content (AvgIpc) is 3.05. The van der Waals surface area contributed by atoms with Crippen molar-refractivity contribution in [3.8, 4) is 0 Å². The number of hydrogen-bond donors (Lipinski definition) is 1. The minimum absolute atomic E-state index is 0.0458. The van der Waals surface area contributed by atoms with E-state index in [4.69, 9.17) is 9.47 Å². The lowest BCUT2D eigenvalue weighted by molar-refractivity contribution is -0.115. The molecule has 2 aromatic rings. The number of aromatic carboxylic acids is 1. The first-order chi connectivity index (χ1) is 22.5. The van der Waals surface area contributed by atoms with Crippen LogP contribution in [-0.2, 0) is 14.3 Å². The van der Waals surface area contributed by atoms with Crippen molar-refractivity contribution in [2.75, 3.05) is 19.8 Å². The molecule has 0 bridgehead atoms. The van der Waals surface area contributed by atoms with Crippen molar-refractivity contribution in [3.05, 3.63) is 93.8 Å². The lowest BCUT2D eigenvalue weighted by atomic mass is 9.67. The third kappa shape index (κ3) is 9.96. The van der Waals surface area contributed by atoms with Crippen LogP contribution in [0.15, 0.2) is 65.4 Å². The Bertz CT molecular complexity index is 1470. The first-order valence-electron chi connectivity index (χ1n) is 17.2. The topological polar surface area (TPSA) is 72.8 Å². The summed E-state index contributed by atoms with van der Waals surface area (Å²) in [4.78, 5) is 24.5. The summed E-state index contributed by atoms with van der Waals surface area (Å²) in [6.07, 6.45) is 12.6. The molecule has 5 nitrogen and oxygen atoms in total. The number of carbonyl (C=O) groups is 2. The van der Waals surface area contributed by atoms with Crippen molar-refractivity contribution in [3.63, 3.8) is 0 Å². The van der Waals surface area contributed by atoms with Crippen LogP contribution < -0.4 is 0 Å². The predicted octanol–water partition coefficient (Wildman–Crippen LogP) is 10.2. The van der Waals surface area contributed by atoms with Gasteiger partial charge < -0.3 is 14.6 Å². The lowest BCUT2D eigenvalue weighted by Gasteiger charge is -2.39. The molecular formula is C40H50F2O5. The second kappa shape index (κ2) is 17.0. The summed E-state index contributed by atoms with van der Waals surface area (Å²) >= 11 is 0. The third-order valence-electron chi connectivity index (χ3n) is 9.79. The fourth-order valence-electron chi connectivity index (χ4n) is 7.26. The van der Waals surface area contributed by atoms with Gasteiger partial charge in [-0.2, -0.15) is 0 Å². The van der Waals surface area contributed by atoms with Gasteiger partial charge >= 0.3 is 5.97 Å². The fraction of sp³-hybridized carbons (Fsp3) is 0.500. The molecule has 0 aromatic heterocycles. The van der Waals surface area contributed by atoms with Crippen LogP contribution >= 0.6 is 0 Å². The van der Waals surface area contributed by atoms with Crippen molar-refractivity contribution in [2.45, 2.75) is 91.9 Å². The van der Waals surface area contributed by atoms with Crippen LogP contribution in [0.3, 0.4) is 0 Å². The lowest BCUT2D eigenvalue weighted by Crippen LogP contribution is -2.28. The van der Waals surface area contributed by atoms with Crippen LogP contribution in [0.25, 0.3) is 11.6 Å². The molecule has 3 unspecified atom stereocenters. The summed E-state index contributed by atoms with van der Waals surface area (Å²) in [5, 5.41) is 9.21. The summed E-state index contributed by atoms with van der Waals surface area (Å²) in [5.41, 5.74) is 4.30. The minimum atomic E-state index is -0.967. The van der Waals surface area contributed by atoms with E-state index in [1.807, 2.05) is 19.9 Å². The van der Waals surface area contributed by atoms with E-state index < -0.39 is 17.6 Å². The molecule has 254 valence electrons. The number of halogens is 2. The van der Waals surface area contributed by atoms with Crippen molar-refractivity contribution in [1.29, 1.82) is 0 Å². The maximum absolute atomic E-state index is 14.4. The maximum Gasteiger partial charge on any atom is 0.335 e. The van der Waals surface area contributed by atoms with Gasteiger partial charge in [-0.3, -0.25) is 4.79 Å². The minimum Gasteiger partial charge on any atom is -0.494 e. The van der Waals surface area contributed by atoms with E-state index in [9.17, 15) is 23.5 Å². The molecule has 3 atom stereocenters. The number of Topliss-reactive ketones (excluding diaryl/α,β-unsaturated/α-hetero) is 1. The van der Waals surface area contributed by atoms with Crippen molar-refractivity contribution in [1.82, 2.24) is 0 Å². The monoisotopic (exact) mass is 648 g/mol. The Morgan fingerprint density at radius 2 is 1.64 bits per heavy atom. The van der Waals surface area contributed by atoms with Crippen LogP contribution in [0.5, 0.6) is 0 Å². The molecule has 2 aliphatic carbocycles. The largest absolute Gasteiger partial charge is 0.494 e. The van der Waals surface area contributed by atoms with Gasteiger partial charge in [0, 0.05) is 24.7 Å². The number of allylic oxidation sites excluding steroid dienone is 3. The van der Waals surface area contributed by atoms with Crippen LogP contribution in [0.4, 0.5) is 8.78 Å².